The fourth-order valence-corrected chi connectivity index (χ4v) is 2.51. The van der Waals surface area contributed by atoms with Gasteiger partial charge in [0.25, 0.3) is 0 Å². The summed E-state index contributed by atoms with van der Waals surface area (Å²) in [5, 5.41) is 23.2. The van der Waals surface area contributed by atoms with Gasteiger partial charge in [0, 0.05) is 18.0 Å². The van der Waals surface area contributed by atoms with Crippen LogP contribution in [0.5, 0.6) is 0 Å². The Bertz CT molecular complexity index is 472. The molecule has 1 saturated carbocycles. The normalized spacial score (nSPS) is 17.3. The van der Waals surface area contributed by atoms with Crippen molar-refractivity contribution in [2.75, 3.05) is 24.2 Å². The summed E-state index contributed by atoms with van der Waals surface area (Å²) in [5.41, 5.74) is 5.24. The number of nitrogens with one attached hydrogen (secondary N) is 1. The van der Waals surface area contributed by atoms with Gasteiger partial charge < -0.3 is 16.2 Å². The molecule has 0 bridgehead atoms. The van der Waals surface area contributed by atoms with Gasteiger partial charge in [0.15, 0.2) is 0 Å². The molecule has 1 aromatic heterocycles. The number of hydrogen-bond donors (Lipinski definition) is 3. The first kappa shape index (κ1) is 13.5. The molecule has 1 fully saturated rings. The highest BCUT2D eigenvalue weighted by Gasteiger charge is 2.33. The lowest BCUT2D eigenvalue weighted by Gasteiger charge is -2.26. The third kappa shape index (κ3) is 2.93. The van der Waals surface area contributed by atoms with Gasteiger partial charge in [-0.15, -0.1) is 0 Å². The van der Waals surface area contributed by atoms with Crippen LogP contribution < -0.4 is 11.1 Å². The number of nitrogens with two attached hydrogens (primary N) is 1. The van der Waals surface area contributed by atoms with Gasteiger partial charge in [-0.3, -0.25) is 10.1 Å². The van der Waals surface area contributed by atoms with E-state index in [1.807, 2.05) is 0 Å². The van der Waals surface area contributed by atoms with Crippen molar-refractivity contribution >= 4 is 17.3 Å². The Balaban J connectivity index is 2.03. The minimum atomic E-state index is -0.557. The first-order valence-corrected chi connectivity index (χ1v) is 6.32. The molecule has 4 N–H and O–H groups in total. The predicted molar refractivity (Wildman–Crippen MR) is 71.8 cm³/mol. The molecule has 1 aliphatic rings. The number of nitrogens with zero attached hydrogens (tertiary/aromatic N) is 2. The van der Waals surface area contributed by atoms with Gasteiger partial charge in [0.1, 0.15) is 5.82 Å². The SMILES string of the molecule is Nc1nc(NCC2(CO)CCCC2)ccc1[N+](=O)[O-]. The molecule has 2 rings (SSSR count). The minimum absolute atomic E-state index is 0.0977. The second-order valence-electron chi connectivity index (χ2n) is 5.08. The summed E-state index contributed by atoms with van der Waals surface area (Å²) < 4.78 is 0. The van der Waals surface area contributed by atoms with Crippen LogP contribution in [0.1, 0.15) is 25.7 Å². The van der Waals surface area contributed by atoms with E-state index in [4.69, 9.17) is 5.73 Å². The lowest BCUT2D eigenvalue weighted by atomic mass is 9.87. The van der Waals surface area contributed by atoms with Crippen molar-refractivity contribution in [2.24, 2.45) is 5.41 Å². The van der Waals surface area contributed by atoms with Crippen LogP contribution >= 0.6 is 0 Å². The van der Waals surface area contributed by atoms with Crippen LogP contribution in [0, 0.1) is 15.5 Å². The topological polar surface area (TPSA) is 114 Å². The van der Waals surface area contributed by atoms with Crippen molar-refractivity contribution in [1.29, 1.82) is 0 Å². The van der Waals surface area contributed by atoms with Crippen molar-refractivity contribution in [3.63, 3.8) is 0 Å². The third-order valence-corrected chi connectivity index (χ3v) is 3.74. The van der Waals surface area contributed by atoms with E-state index in [1.54, 1.807) is 0 Å². The van der Waals surface area contributed by atoms with E-state index >= 15 is 0 Å². The van der Waals surface area contributed by atoms with Crippen molar-refractivity contribution in [1.82, 2.24) is 4.98 Å². The van der Waals surface area contributed by atoms with Gasteiger partial charge in [-0.05, 0) is 18.9 Å². The first-order chi connectivity index (χ1) is 9.06. The summed E-state index contributed by atoms with van der Waals surface area (Å²) in [6.07, 6.45) is 4.22. The van der Waals surface area contributed by atoms with Crippen LogP contribution in [0.15, 0.2) is 12.1 Å². The fraction of sp³-hybridized carbons (Fsp3) is 0.583. The molecule has 104 valence electrons. The summed E-state index contributed by atoms with van der Waals surface area (Å²) >= 11 is 0. The first-order valence-electron chi connectivity index (χ1n) is 6.32. The summed E-state index contributed by atoms with van der Waals surface area (Å²) in [6.45, 7) is 0.746. The second-order valence-corrected chi connectivity index (χ2v) is 5.08. The van der Waals surface area contributed by atoms with E-state index in [2.05, 4.69) is 10.3 Å². The highest BCUT2D eigenvalue weighted by molar-refractivity contribution is 5.57. The van der Waals surface area contributed by atoms with Crippen LogP contribution in [-0.2, 0) is 0 Å². The Kier molecular flexibility index (Phi) is 3.84. The number of pyridine rings is 1. The molecule has 0 radical (unpaired) electrons. The Labute approximate surface area is 111 Å². The smallest absolute Gasteiger partial charge is 0.311 e. The molecule has 0 amide bonds. The minimum Gasteiger partial charge on any atom is -0.396 e. The Morgan fingerprint density at radius 3 is 2.68 bits per heavy atom. The van der Waals surface area contributed by atoms with Gasteiger partial charge >= 0.3 is 5.69 Å². The van der Waals surface area contributed by atoms with Crippen LogP contribution in [-0.4, -0.2) is 28.2 Å². The maximum absolute atomic E-state index is 10.6. The molecule has 0 saturated heterocycles. The van der Waals surface area contributed by atoms with Gasteiger partial charge in [0.2, 0.25) is 5.82 Å². The number of anilines is 2. The largest absolute Gasteiger partial charge is 0.396 e. The molecular weight excluding hydrogens is 248 g/mol. The second kappa shape index (κ2) is 5.40. The van der Waals surface area contributed by atoms with Crippen molar-refractivity contribution in [2.45, 2.75) is 25.7 Å². The monoisotopic (exact) mass is 266 g/mol. The number of aliphatic hydroxyl groups excluding tert-OH is 1. The maximum Gasteiger partial charge on any atom is 0.311 e. The lowest BCUT2D eigenvalue weighted by molar-refractivity contribution is -0.384. The number of rotatable bonds is 5. The average molecular weight is 266 g/mol. The Morgan fingerprint density at radius 1 is 1.47 bits per heavy atom. The molecule has 0 aromatic carbocycles. The van der Waals surface area contributed by atoms with Crippen molar-refractivity contribution in [3.05, 3.63) is 22.2 Å². The molecule has 19 heavy (non-hydrogen) atoms. The summed E-state index contributed by atoms with van der Waals surface area (Å²) in [5.74, 6) is 0.405. The number of hydrogen-bond acceptors (Lipinski definition) is 6. The summed E-state index contributed by atoms with van der Waals surface area (Å²) in [4.78, 5) is 14.0. The lowest BCUT2D eigenvalue weighted by Crippen LogP contribution is -2.30. The quantitative estimate of drug-likeness (QED) is 0.550. The number of nitro groups is 1. The Hall–Kier alpha value is -1.89. The molecular formula is C12H18N4O3. The summed E-state index contributed by atoms with van der Waals surface area (Å²) in [7, 11) is 0. The van der Waals surface area contributed by atoms with Crippen LogP contribution in [0.25, 0.3) is 0 Å². The van der Waals surface area contributed by atoms with Crippen LogP contribution in [0.3, 0.4) is 0 Å². The molecule has 1 heterocycles. The predicted octanol–water partition coefficient (Wildman–Crippen LogP) is 1.54. The average Bonchev–Trinajstić information content (AvgIpc) is 2.85. The van der Waals surface area contributed by atoms with Crippen molar-refractivity contribution in [3.8, 4) is 0 Å². The van der Waals surface area contributed by atoms with Gasteiger partial charge in [0.05, 0.1) is 11.5 Å². The third-order valence-electron chi connectivity index (χ3n) is 3.74. The van der Waals surface area contributed by atoms with E-state index in [-0.39, 0.29) is 23.5 Å². The standard InChI is InChI=1S/C12H18N4O3/c13-11-9(16(18)19)3-4-10(15-11)14-7-12(8-17)5-1-2-6-12/h3-4,17H,1-2,5-8H2,(H3,13,14,15). The molecule has 0 atom stereocenters. The van der Waals surface area contributed by atoms with Crippen LogP contribution in [0.2, 0.25) is 0 Å². The molecule has 7 nitrogen and oxygen atoms in total. The van der Waals surface area contributed by atoms with E-state index in [0.717, 1.165) is 25.7 Å². The van der Waals surface area contributed by atoms with E-state index in [1.165, 1.54) is 12.1 Å². The van der Waals surface area contributed by atoms with E-state index < -0.39 is 4.92 Å². The molecule has 1 aliphatic carbocycles. The fourth-order valence-electron chi connectivity index (χ4n) is 2.51. The van der Waals surface area contributed by atoms with E-state index in [9.17, 15) is 15.2 Å². The van der Waals surface area contributed by atoms with Gasteiger partial charge in [-0.1, -0.05) is 12.8 Å². The van der Waals surface area contributed by atoms with Gasteiger partial charge in [-0.2, -0.15) is 0 Å². The van der Waals surface area contributed by atoms with Crippen molar-refractivity contribution < 1.29 is 10.0 Å². The van der Waals surface area contributed by atoms with E-state index in [0.29, 0.717) is 12.4 Å². The highest BCUT2D eigenvalue weighted by Crippen LogP contribution is 2.37. The van der Waals surface area contributed by atoms with Gasteiger partial charge in [-0.25, -0.2) is 4.98 Å². The van der Waals surface area contributed by atoms with Crippen LogP contribution in [0.4, 0.5) is 17.3 Å². The maximum atomic E-state index is 10.6. The molecule has 0 unspecified atom stereocenters. The molecule has 7 heteroatoms. The summed E-state index contributed by atoms with van der Waals surface area (Å²) in [6, 6.07) is 2.87. The highest BCUT2D eigenvalue weighted by atomic mass is 16.6. The number of aromatic nitrogens is 1. The zero-order valence-corrected chi connectivity index (χ0v) is 10.6. The number of nitrogen functional groups attached to an aromatic ring is 1. The zero-order chi connectivity index (χ0) is 13.9. The zero-order valence-electron chi connectivity index (χ0n) is 10.6. The Morgan fingerprint density at radius 2 is 2.16 bits per heavy atom. The molecule has 0 spiro atoms. The number of aliphatic hydroxyl groups is 1. The molecule has 1 aromatic rings. The molecule has 0 aliphatic heterocycles.